The predicted octanol–water partition coefficient (Wildman–Crippen LogP) is 5.65. The smallest absolute Gasteiger partial charge is 1.00 e. The van der Waals surface area contributed by atoms with Crippen molar-refractivity contribution in [3.8, 4) is 0 Å². The number of hydrogen-bond acceptors (Lipinski definition) is 2. The molecule has 0 fully saturated rings. The van der Waals surface area contributed by atoms with Crippen LogP contribution >= 0.6 is 0 Å². The molecule has 0 saturated heterocycles. The molecule has 3 radical (unpaired) electrons. The molecule has 0 aliphatic carbocycles. The molecule has 2 nitrogen and oxygen atoms in total. The summed E-state index contributed by atoms with van der Waals surface area (Å²) in [5.74, 6) is -39.8. The Kier molecular flexibility index (Phi) is 14.3. The van der Waals surface area contributed by atoms with Gasteiger partial charge in [0.1, 0.15) is 0 Å². The van der Waals surface area contributed by atoms with E-state index in [2.05, 4.69) is 0 Å². The van der Waals surface area contributed by atoms with Gasteiger partial charge in [-0.2, -0.15) is 79.0 Å². The van der Waals surface area contributed by atoms with Gasteiger partial charge in [0, 0.05) is 25.1 Å². The van der Waals surface area contributed by atoms with Crippen molar-refractivity contribution in [3.63, 3.8) is 0 Å². The van der Waals surface area contributed by atoms with Crippen molar-refractivity contribution in [1.29, 1.82) is 0 Å². The van der Waals surface area contributed by atoms with Crippen LogP contribution in [0.25, 0.3) is 0 Å². The van der Waals surface area contributed by atoms with Crippen molar-refractivity contribution in [2.45, 2.75) is 61.4 Å². The van der Waals surface area contributed by atoms with E-state index in [9.17, 15) is 83.8 Å². The number of Topliss-reactive ketones (excluding diaryl/α,β-unsaturated/α-hetero) is 1. The van der Waals surface area contributed by atoms with E-state index in [1.54, 1.807) is 0 Å². The fraction of sp³-hybridized carbons (Fsp3) is 0.435. The van der Waals surface area contributed by atoms with Gasteiger partial charge in [-0.15, -0.1) is 0 Å². The summed E-state index contributed by atoms with van der Waals surface area (Å²) in [4.78, 5) is 11.0. The van der Waals surface area contributed by atoms with E-state index in [-0.39, 0.29) is 69.2 Å². The number of aliphatic hydroxyl groups excluding tert-OH is 1. The normalized spacial score (nSPS) is 13.6. The van der Waals surface area contributed by atoms with Gasteiger partial charge in [-0.1, -0.05) is 36.4 Å². The fourth-order valence-electron chi connectivity index (χ4n) is 2.91. The van der Waals surface area contributed by atoms with Gasteiger partial charge in [-0.25, -0.2) is 0 Å². The average Bonchev–Trinajstić information content (AvgIpc) is 2.87. The molecule has 0 amide bonds. The molecule has 22 heteroatoms. The van der Waals surface area contributed by atoms with Crippen LogP contribution in [0.3, 0.4) is 0 Å². The minimum Gasteiger partial charge on any atom is -1.00 e. The molecule has 249 valence electrons. The standard InChI is InChI=1S/C12H7F9O.C11H7F9O.B.Na.H/c1-6(22)7-3-2-4-8(5-7)9(13,14)10(15,16)11(17,18)12(19,20)21;12-8(13,7-3-1-2-6(4-7)5-21)9(14,15)10(16,17)11(18,19)20;;;/h2-5H,1H3;1-4,21H,5H2;;;/q;;;+1;-1. The van der Waals surface area contributed by atoms with Crippen LogP contribution in [0, 0.1) is 0 Å². The summed E-state index contributed by atoms with van der Waals surface area (Å²) < 4.78 is 229. The number of ketones is 1. The van der Waals surface area contributed by atoms with E-state index in [0.717, 1.165) is 25.1 Å². The zero-order valence-electron chi connectivity index (χ0n) is 23.1. The summed E-state index contributed by atoms with van der Waals surface area (Å²) in [6.45, 7) is -0.00906. The van der Waals surface area contributed by atoms with Crippen LogP contribution in [0.2, 0.25) is 0 Å². The summed E-state index contributed by atoms with van der Waals surface area (Å²) in [5, 5.41) is 8.66. The van der Waals surface area contributed by atoms with Gasteiger partial charge in [0.05, 0.1) is 6.61 Å². The number of carbonyl (C=O) groups is 1. The van der Waals surface area contributed by atoms with Crippen molar-refractivity contribution in [2.75, 3.05) is 0 Å². The van der Waals surface area contributed by atoms with Crippen LogP contribution in [0.5, 0.6) is 0 Å². The first kappa shape index (κ1) is 45.0. The summed E-state index contributed by atoms with van der Waals surface area (Å²) in [5.41, 5.74) is -4.47. The second-order valence-corrected chi connectivity index (χ2v) is 8.44. The Morgan fingerprint density at radius 2 is 0.933 bits per heavy atom. The minimum atomic E-state index is -6.96. The van der Waals surface area contributed by atoms with Crippen LogP contribution in [-0.4, -0.2) is 55.3 Å². The number of carbonyl (C=O) groups excluding carboxylic acids is 1. The van der Waals surface area contributed by atoms with Crippen LogP contribution < -0.4 is 29.6 Å². The summed E-state index contributed by atoms with van der Waals surface area (Å²) in [7, 11) is 0. The molecule has 0 spiro atoms. The Balaban J connectivity index is -0.000000755. The number of hydrogen-bond donors (Lipinski definition) is 1. The van der Waals surface area contributed by atoms with Crippen LogP contribution in [0.15, 0.2) is 48.5 Å². The molecule has 2 aromatic rings. The van der Waals surface area contributed by atoms with E-state index in [1.165, 1.54) is 0 Å². The Morgan fingerprint density at radius 3 is 1.24 bits per heavy atom. The van der Waals surface area contributed by atoms with Crippen LogP contribution in [0.1, 0.15) is 35.4 Å². The van der Waals surface area contributed by atoms with E-state index < -0.39 is 77.0 Å². The van der Waals surface area contributed by atoms with Crippen LogP contribution in [-0.2, 0) is 18.5 Å². The molecule has 0 unspecified atom stereocenters. The van der Waals surface area contributed by atoms with Crippen molar-refractivity contribution in [1.82, 2.24) is 0 Å². The molecule has 0 atom stereocenters. The number of halogens is 18. The van der Waals surface area contributed by atoms with Gasteiger partial charge < -0.3 is 6.53 Å². The second kappa shape index (κ2) is 14.3. The molecule has 45 heavy (non-hydrogen) atoms. The molecule has 1 N–H and O–H groups in total. The van der Waals surface area contributed by atoms with E-state index in [1.807, 2.05) is 0 Å². The zero-order valence-corrected chi connectivity index (χ0v) is 24.1. The number of benzene rings is 2. The second-order valence-electron chi connectivity index (χ2n) is 8.44. The first-order valence-electron chi connectivity index (χ1n) is 10.7. The number of alkyl halides is 18. The molecule has 2 aromatic carbocycles. The Labute approximate surface area is 266 Å². The first-order valence-corrected chi connectivity index (χ1v) is 10.7. The summed E-state index contributed by atoms with van der Waals surface area (Å²) in [6.07, 6.45) is -13.7. The fourth-order valence-corrected chi connectivity index (χ4v) is 2.91. The van der Waals surface area contributed by atoms with E-state index in [4.69, 9.17) is 5.11 Å². The summed E-state index contributed by atoms with van der Waals surface area (Å²) in [6, 6.07) is 4.16. The third-order valence-corrected chi connectivity index (χ3v) is 5.39. The van der Waals surface area contributed by atoms with Gasteiger partial charge in [0.25, 0.3) is 0 Å². The molecule has 0 saturated carbocycles. The third kappa shape index (κ3) is 8.24. The molecule has 0 aliphatic rings. The molecular weight excluding hydrogens is 684 g/mol. The average molecular weight is 699 g/mol. The molecular formula is C23H15BF18NaO2. The Morgan fingerprint density at radius 1 is 0.600 bits per heavy atom. The topological polar surface area (TPSA) is 37.3 Å². The van der Waals surface area contributed by atoms with Gasteiger partial charge in [-0.3, -0.25) is 4.79 Å². The molecule has 0 heterocycles. The monoisotopic (exact) mass is 699 g/mol. The maximum Gasteiger partial charge on any atom is 1.00 e. The van der Waals surface area contributed by atoms with Gasteiger partial charge in [-0.05, 0) is 24.6 Å². The molecule has 0 bridgehead atoms. The number of aliphatic hydroxyl groups is 1. The largest absolute Gasteiger partial charge is 1.00 e. The van der Waals surface area contributed by atoms with E-state index in [0.29, 0.717) is 6.07 Å². The van der Waals surface area contributed by atoms with Crippen molar-refractivity contribution < 1.29 is 120 Å². The predicted molar refractivity (Wildman–Crippen MR) is 115 cm³/mol. The molecule has 0 aliphatic heterocycles. The van der Waals surface area contributed by atoms with Crippen molar-refractivity contribution in [3.05, 3.63) is 70.8 Å². The van der Waals surface area contributed by atoms with Gasteiger partial charge >= 0.3 is 77.4 Å². The molecule has 2 rings (SSSR count). The minimum absolute atomic E-state index is 0. The van der Waals surface area contributed by atoms with Gasteiger partial charge in [0.15, 0.2) is 5.78 Å². The quantitative estimate of drug-likeness (QED) is 0.220. The third-order valence-electron chi connectivity index (χ3n) is 5.39. The van der Waals surface area contributed by atoms with E-state index >= 15 is 0 Å². The number of rotatable bonds is 8. The summed E-state index contributed by atoms with van der Waals surface area (Å²) >= 11 is 0. The maximum atomic E-state index is 13.6. The Bertz CT molecular complexity index is 1300. The first-order chi connectivity index (χ1) is 18.9. The van der Waals surface area contributed by atoms with Crippen molar-refractivity contribution >= 4 is 14.2 Å². The zero-order chi connectivity index (χ0) is 34.3. The Hall–Kier alpha value is -2.13. The SMILES string of the molecule is CC(=O)c1cccc(C(F)(F)C(F)(F)C(F)(F)C(F)(F)F)c1.OCc1cccc(C(F)(F)C(F)(F)C(F)(F)C(F)(F)F)c1.[B].[H-].[Na+]. The molecule has 0 aromatic heterocycles. The van der Waals surface area contributed by atoms with Crippen LogP contribution in [0.4, 0.5) is 79.0 Å². The maximum absolute atomic E-state index is 13.6. The van der Waals surface area contributed by atoms with Crippen molar-refractivity contribution in [2.24, 2.45) is 0 Å². The van der Waals surface area contributed by atoms with Gasteiger partial charge in [0.2, 0.25) is 0 Å².